The Kier molecular flexibility index (Phi) is 5.26. The van der Waals surface area contributed by atoms with Crippen molar-refractivity contribution in [3.63, 3.8) is 0 Å². The second-order valence-electron chi connectivity index (χ2n) is 8.09. The Labute approximate surface area is 154 Å². The highest BCUT2D eigenvalue weighted by Crippen LogP contribution is 2.40. The lowest BCUT2D eigenvalue weighted by atomic mass is 10.0. The first-order chi connectivity index (χ1) is 11.3. The van der Waals surface area contributed by atoms with Gasteiger partial charge >= 0.3 is 0 Å². The minimum absolute atomic E-state index is 0.476. The maximum Gasteiger partial charge on any atom is 0.123 e. The monoisotopic (exact) mass is 409 g/mol. The van der Waals surface area contributed by atoms with Gasteiger partial charge in [-0.05, 0) is 43.9 Å². The summed E-state index contributed by atoms with van der Waals surface area (Å²) in [7, 11) is -1.07. The summed E-state index contributed by atoms with van der Waals surface area (Å²) in [5, 5.41) is 11.5. The van der Waals surface area contributed by atoms with Crippen LogP contribution in [0.15, 0.2) is 16.6 Å². The molecule has 0 aliphatic heterocycles. The molecule has 3 nitrogen and oxygen atoms in total. The smallest absolute Gasteiger partial charge is 0.123 e. The lowest BCUT2D eigenvalue weighted by molar-refractivity contribution is 0.0882. The molecule has 0 amide bonds. The SMILES string of the molecule is CC(O)c1ccc(Br)c2c3c(n(COCC[Si](C)(C)C)c12)CCC3. The molecule has 1 atom stereocenters. The molecule has 0 bridgehead atoms. The maximum atomic E-state index is 10.2. The van der Waals surface area contributed by atoms with E-state index in [1.165, 1.54) is 29.1 Å². The molecule has 0 saturated carbocycles. The lowest BCUT2D eigenvalue weighted by Gasteiger charge is -2.18. The summed E-state index contributed by atoms with van der Waals surface area (Å²) in [4.78, 5) is 0. The molecule has 2 aromatic rings. The van der Waals surface area contributed by atoms with Crippen molar-refractivity contribution in [2.45, 2.75) is 64.7 Å². The third kappa shape index (κ3) is 3.50. The van der Waals surface area contributed by atoms with E-state index in [1.54, 1.807) is 0 Å². The van der Waals surface area contributed by atoms with Crippen LogP contribution in [0.5, 0.6) is 0 Å². The van der Waals surface area contributed by atoms with Crippen molar-refractivity contribution in [3.8, 4) is 0 Å². The minimum atomic E-state index is -1.07. The van der Waals surface area contributed by atoms with Crippen LogP contribution in [0.3, 0.4) is 0 Å². The number of fused-ring (bicyclic) bond motifs is 3. The zero-order chi connectivity index (χ0) is 17.5. The molecule has 0 saturated heterocycles. The van der Waals surface area contributed by atoms with E-state index in [9.17, 15) is 5.11 Å². The van der Waals surface area contributed by atoms with Crippen molar-refractivity contribution in [1.82, 2.24) is 4.57 Å². The van der Waals surface area contributed by atoms with Gasteiger partial charge in [0, 0.05) is 35.8 Å². The molecular weight excluding hydrogens is 382 g/mol. The second-order valence-corrected chi connectivity index (χ2v) is 14.6. The first-order valence-electron chi connectivity index (χ1n) is 8.88. The highest BCUT2D eigenvalue weighted by molar-refractivity contribution is 9.10. The molecule has 1 aromatic heterocycles. The fourth-order valence-electron chi connectivity index (χ4n) is 3.60. The predicted molar refractivity (Wildman–Crippen MR) is 106 cm³/mol. The molecule has 3 rings (SSSR count). The van der Waals surface area contributed by atoms with Crippen LogP contribution in [0.4, 0.5) is 0 Å². The van der Waals surface area contributed by atoms with Crippen LogP contribution >= 0.6 is 15.9 Å². The highest BCUT2D eigenvalue weighted by Gasteiger charge is 2.25. The second kappa shape index (κ2) is 6.94. The van der Waals surface area contributed by atoms with Crippen LogP contribution in [0.1, 0.15) is 36.3 Å². The van der Waals surface area contributed by atoms with Gasteiger partial charge in [-0.1, -0.05) is 41.6 Å². The van der Waals surface area contributed by atoms with E-state index >= 15 is 0 Å². The van der Waals surface area contributed by atoms with Gasteiger partial charge in [-0.25, -0.2) is 0 Å². The summed E-state index contributed by atoms with van der Waals surface area (Å²) in [5.74, 6) is 0. The molecule has 5 heteroatoms. The molecule has 132 valence electrons. The number of rotatable bonds is 6. The molecule has 0 fully saturated rings. The van der Waals surface area contributed by atoms with Crippen LogP contribution in [0, 0.1) is 0 Å². The van der Waals surface area contributed by atoms with Crippen molar-refractivity contribution in [1.29, 1.82) is 0 Å². The largest absolute Gasteiger partial charge is 0.389 e. The number of ether oxygens (including phenoxy) is 1. The molecular formula is C19H28BrNO2Si. The van der Waals surface area contributed by atoms with Crippen molar-refractivity contribution in [2.24, 2.45) is 0 Å². The van der Waals surface area contributed by atoms with Gasteiger partial charge < -0.3 is 14.4 Å². The van der Waals surface area contributed by atoms with Gasteiger partial charge in [0.2, 0.25) is 0 Å². The van der Waals surface area contributed by atoms with Crippen molar-refractivity contribution in [3.05, 3.63) is 33.4 Å². The van der Waals surface area contributed by atoms with Crippen LogP contribution in [-0.2, 0) is 24.3 Å². The number of aliphatic hydroxyl groups is 1. The number of aliphatic hydroxyl groups excluding tert-OH is 1. The Morgan fingerprint density at radius 2 is 2.04 bits per heavy atom. The molecule has 0 spiro atoms. The Morgan fingerprint density at radius 1 is 1.29 bits per heavy atom. The third-order valence-electron chi connectivity index (χ3n) is 4.91. The molecule has 1 aliphatic carbocycles. The first kappa shape index (κ1) is 18.2. The van der Waals surface area contributed by atoms with Crippen molar-refractivity contribution >= 4 is 34.9 Å². The van der Waals surface area contributed by atoms with E-state index in [1.807, 2.05) is 13.0 Å². The molecule has 24 heavy (non-hydrogen) atoms. The number of hydrogen-bond donors (Lipinski definition) is 1. The topological polar surface area (TPSA) is 34.4 Å². The summed E-state index contributed by atoms with van der Waals surface area (Å²) >= 11 is 3.72. The van der Waals surface area contributed by atoms with Crippen LogP contribution in [0.25, 0.3) is 10.9 Å². The number of aryl methyl sites for hydroxylation is 1. The Balaban J connectivity index is 1.98. The number of hydrogen-bond acceptors (Lipinski definition) is 2. The molecule has 1 heterocycles. The zero-order valence-electron chi connectivity index (χ0n) is 15.2. The normalized spacial score (nSPS) is 15.9. The highest BCUT2D eigenvalue weighted by atomic mass is 79.9. The quantitative estimate of drug-likeness (QED) is 0.521. The van der Waals surface area contributed by atoms with Gasteiger partial charge in [-0.3, -0.25) is 0 Å². The summed E-state index contributed by atoms with van der Waals surface area (Å²) < 4.78 is 9.50. The first-order valence-corrected chi connectivity index (χ1v) is 13.4. The number of benzene rings is 1. The van der Waals surface area contributed by atoms with Crippen molar-refractivity contribution < 1.29 is 9.84 Å². The van der Waals surface area contributed by atoms with Gasteiger partial charge in [0.15, 0.2) is 0 Å². The molecule has 1 N–H and O–H groups in total. The summed E-state index contributed by atoms with van der Waals surface area (Å²) in [6, 6.07) is 5.28. The van der Waals surface area contributed by atoms with E-state index in [2.05, 4.69) is 46.2 Å². The summed E-state index contributed by atoms with van der Waals surface area (Å²) in [5.41, 5.74) is 4.98. The summed E-state index contributed by atoms with van der Waals surface area (Å²) in [6.07, 6.45) is 2.96. The van der Waals surface area contributed by atoms with Gasteiger partial charge in [0.05, 0.1) is 11.6 Å². The average molecular weight is 410 g/mol. The van der Waals surface area contributed by atoms with E-state index in [-0.39, 0.29) is 0 Å². The van der Waals surface area contributed by atoms with E-state index < -0.39 is 14.2 Å². The summed E-state index contributed by atoms with van der Waals surface area (Å²) in [6.45, 7) is 10.4. The molecule has 0 radical (unpaired) electrons. The zero-order valence-corrected chi connectivity index (χ0v) is 17.7. The fourth-order valence-corrected chi connectivity index (χ4v) is 4.92. The van der Waals surface area contributed by atoms with E-state index in [0.29, 0.717) is 6.73 Å². The number of nitrogens with zero attached hydrogens (tertiary/aromatic N) is 1. The Bertz CT molecular complexity index is 746. The van der Waals surface area contributed by atoms with E-state index in [4.69, 9.17) is 4.74 Å². The fraction of sp³-hybridized carbons (Fsp3) is 0.579. The Hall–Kier alpha value is -0.623. The van der Waals surface area contributed by atoms with E-state index in [0.717, 1.165) is 35.0 Å². The van der Waals surface area contributed by atoms with Gasteiger partial charge in [0.25, 0.3) is 0 Å². The van der Waals surface area contributed by atoms with Gasteiger partial charge in [0.1, 0.15) is 6.73 Å². The van der Waals surface area contributed by atoms with Gasteiger partial charge in [-0.2, -0.15) is 0 Å². The van der Waals surface area contributed by atoms with Crippen molar-refractivity contribution in [2.75, 3.05) is 6.61 Å². The number of halogens is 1. The van der Waals surface area contributed by atoms with Gasteiger partial charge in [-0.15, -0.1) is 0 Å². The number of aromatic nitrogens is 1. The predicted octanol–water partition coefficient (Wildman–Crippen LogP) is 5.26. The molecule has 1 unspecified atom stereocenters. The van der Waals surface area contributed by atoms with Crippen LogP contribution < -0.4 is 0 Å². The standard InChI is InChI=1S/C19H28BrNO2Si/c1-13(22)14-8-9-16(20)18-15-6-5-7-17(15)21(19(14)18)12-23-10-11-24(2,3)4/h8-9,13,22H,5-7,10-12H2,1-4H3. The van der Waals surface area contributed by atoms with Crippen LogP contribution in [-0.4, -0.2) is 24.4 Å². The molecule has 1 aromatic carbocycles. The molecule has 1 aliphatic rings. The lowest BCUT2D eigenvalue weighted by Crippen LogP contribution is -2.22. The third-order valence-corrected chi connectivity index (χ3v) is 7.28. The van der Waals surface area contributed by atoms with Crippen LogP contribution in [0.2, 0.25) is 25.7 Å². The Morgan fingerprint density at radius 3 is 2.71 bits per heavy atom. The maximum absolute atomic E-state index is 10.2. The average Bonchev–Trinajstić information content (AvgIpc) is 3.04. The minimum Gasteiger partial charge on any atom is -0.389 e.